The van der Waals surface area contributed by atoms with Crippen molar-refractivity contribution in [1.29, 1.82) is 0 Å². The van der Waals surface area contributed by atoms with Gasteiger partial charge in [-0.1, -0.05) is 33.6 Å². The Bertz CT molecular complexity index is 219. The number of hydrogen-bond donors (Lipinski definition) is 1. The molecule has 0 aromatic heterocycles. The lowest BCUT2D eigenvalue weighted by atomic mass is 9.89. The first-order valence-corrected chi connectivity index (χ1v) is 7.15. The summed E-state index contributed by atoms with van der Waals surface area (Å²) >= 11 is 0. The molecule has 1 unspecified atom stereocenters. The molecule has 2 rings (SSSR count). The molecule has 1 saturated carbocycles. The van der Waals surface area contributed by atoms with E-state index in [0.717, 1.165) is 12.0 Å². The molecule has 2 nitrogen and oxygen atoms in total. The van der Waals surface area contributed by atoms with Crippen LogP contribution in [0.4, 0.5) is 0 Å². The Hall–Kier alpha value is -0.0800. The van der Waals surface area contributed by atoms with Crippen LogP contribution in [-0.4, -0.2) is 36.1 Å². The highest BCUT2D eigenvalue weighted by Gasteiger charge is 2.42. The van der Waals surface area contributed by atoms with Gasteiger partial charge in [-0.3, -0.25) is 4.90 Å². The minimum absolute atomic E-state index is 0.530. The third kappa shape index (κ3) is 2.43. The van der Waals surface area contributed by atoms with Crippen LogP contribution in [0.25, 0.3) is 0 Å². The monoisotopic (exact) mass is 224 g/mol. The molecule has 1 aliphatic carbocycles. The molecule has 2 fully saturated rings. The van der Waals surface area contributed by atoms with Crippen molar-refractivity contribution in [3.63, 3.8) is 0 Å². The van der Waals surface area contributed by atoms with Crippen molar-refractivity contribution in [2.45, 2.75) is 64.5 Å². The van der Waals surface area contributed by atoms with Crippen LogP contribution < -0.4 is 5.32 Å². The van der Waals surface area contributed by atoms with Crippen LogP contribution >= 0.6 is 0 Å². The molecule has 1 heterocycles. The van der Waals surface area contributed by atoms with Crippen LogP contribution in [0.15, 0.2) is 0 Å². The fourth-order valence-electron chi connectivity index (χ4n) is 3.69. The fraction of sp³-hybridized carbons (Fsp3) is 1.00. The molecule has 1 N–H and O–H groups in total. The first kappa shape index (κ1) is 12.4. The van der Waals surface area contributed by atoms with Crippen molar-refractivity contribution in [2.24, 2.45) is 5.92 Å². The van der Waals surface area contributed by atoms with Crippen LogP contribution in [0.3, 0.4) is 0 Å². The zero-order chi connectivity index (χ0) is 11.6. The van der Waals surface area contributed by atoms with Crippen LogP contribution in [0, 0.1) is 5.92 Å². The van der Waals surface area contributed by atoms with E-state index in [2.05, 4.69) is 31.0 Å². The van der Waals surface area contributed by atoms with Gasteiger partial charge >= 0.3 is 0 Å². The van der Waals surface area contributed by atoms with Gasteiger partial charge in [-0.05, 0) is 31.7 Å². The summed E-state index contributed by atoms with van der Waals surface area (Å²) in [5, 5.41) is 3.81. The summed E-state index contributed by atoms with van der Waals surface area (Å²) in [7, 11) is 0. The van der Waals surface area contributed by atoms with Crippen molar-refractivity contribution in [1.82, 2.24) is 10.2 Å². The quantitative estimate of drug-likeness (QED) is 0.793. The van der Waals surface area contributed by atoms with Gasteiger partial charge in [-0.2, -0.15) is 0 Å². The molecule has 2 heteroatoms. The number of piperazine rings is 1. The van der Waals surface area contributed by atoms with E-state index < -0.39 is 0 Å². The molecule has 1 spiro atoms. The zero-order valence-electron chi connectivity index (χ0n) is 11.3. The fourth-order valence-corrected chi connectivity index (χ4v) is 3.69. The molecule has 0 amide bonds. The predicted molar refractivity (Wildman–Crippen MR) is 69.7 cm³/mol. The summed E-state index contributed by atoms with van der Waals surface area (Å²) < 4.78 is 0. The van der Waals surface area contributed by atoms with Gasteiger partial charge in [0.15, 0.2) is 0 Å². The Morgan fingerprint density at radius 3 is 2.56 bits per heavy atom. The molecule has 0 aromatic rings. The lowest BCUT2D eigenvalue weighted by Crippen LogP contribution is -2.63. The molecular weight excluding hydrogens is 196 g/mol. The second-order valence-corrected chi connectivity index (χ2v) is 6.18. The summed E-state index contributed by atoms with van der Waals surface area (Å²) in [6.07, 6.45) is 7.04. The molecule has 16 heavy (non-hydrogen) atoms. The van der Waals surface area contributed by atoms with Gasteiger partial charge < -0.3 is 5.32 Å². The minimum Gasteiger partial charge on any atom is -0.311 e. The van der Waals surface area contributed by atoms with Gasteiger partial charge in [-0.15, -0.1) is 0 Å². The van der Waals surface area contributed by atoms with Crippen LogP contribution in [0.2, 0.25) is 0 Å². The lowest BCUT2D eigenvalue weighted by Gasteiger charge is -2.48. The van der Waals surface area contributed by atoms with Crippen molar-refractivity contribution >= 4 is 0 Å². The molecule has 0 aromatic carbocycles. The Morgan fingerprint density at radius 1 is 1.31 bits per heavy atom. The molecule has 1 atom stereocenters. The van der Waals surface area contributed by atoms with Gasteiger partial charge in [0, 0.05) is 24.7 Å². The van der Waals surface area contributed by atoms with Crippen molar-refractivity contribution < 1.29 is 0 Å². The van der Waals surface area contributed by atoms with Gasteiger partial charge in [0.2, 0.25) is 0 Å². The summed E-state index contributed by atoms with van der Waals surface area (Å²) in [6.45, 7) is 10.7. The number of rotatable bonds is 3. The zero-order valence-corrected chi connectivity index (χ0v) is 11.3. The summed E-state index contributed by atoms with van der Waals surface area (Å²) in [6, 6.07) is 0.728. The van der Waals surface area contributed by atoms with E-state index in [1.165, 1.54) is 51.7 Å². The van der Waals surface area contributed by atoms with Crippen molar-refractivity contribution in [3.8, 4) is 0 Å². The second-order valence-electron chi connectivity index (χ2n) is 6.18. The van der Waals surface area contributed by atoms with E-state index in [9.17, 15) is 0 Å². The molecule has 0 bridgehead atoms. The topological polar surface area (TPSA) is 15.3 Å². The van der Waals surface area contributed by atoms with Gasteiger partial charge in [0.1, 0.15) is 0 Å². The Balaban J connectivity index is 1.96. The van der Waals surface area contributed by atoms with Crippen molar-refractivity contribution in [3.05, 3.63) is 0 Å². The van der Waals surface area contributed by atoms with Crippen LogP contribution in [0.1, 0.15) is 52.9 Å². The van der Waals surface area contributed by atoms with E-state index >= 15 is 0 Å². The summed E-state index contributed by atoms with van der Waals surface area (Å²) in [5.74, 6) is 0.814. The lowest BCUT2D eigenvalue weighted by molar-refractivity contribution is 0.0436. The number of nitrogens with zero attached hydrogens (tertiary/aromatic N) is 1. The average molecular weight is 224 g/mol. The minimum atomic E-state index is 0.530. The molecular formula is C14H28N2. The Morgan fingerprint density at radius 2 is 2.00 bits per heavy atom. The van der Waals surface area contributed by atoms with E-state index in [1.807, 2.05) is 0 Å². The van der Waals surface area contributed by atoms with Crippen LogP contribution in [-0.2, 0) is 0 Å². The molecule has 94 valence electrons. The van der Waals surface area contributed by atoms with Gasteiger partial charge in [0.05, 0.1) is 0 Å². The van der Waals surface area contributed by atoms with Crippen molar-refractivity contribution in [2.75, 3.05) is 19.6 Å². The largest absolute Gasteiger partial charge is 0.311 e. The molecule has 1 saturated heterocycles. The maximum atomic E-state index is 3.81. The highest BCUT2D eigenvalue weighted by molar-refractivity contribution is 5.01. The van der Waals surface area contributed by atoms with E-state index in [1.54, 1.807) is 0 Å². The number of likely N-dealkylation sites (N-methyl/N-ethyl adjacent to an activating group) is 1. The van der Waals surface area contributed by atoms with Gasteiger partial charge in [0.25, 0.3) is 0 Å². The normalized spacial score (nSPS) is 30.4. The first-order valence-electron chi connectivity index (χ1n) is 7.15. The smallest absolute Gasteiger partial charge is 0.0334 e. The average Bonchev–Trinajstić information content (AvgIpc) is 2.70. The Kier molecular flexibility index (Phi) is 3.91. The second kappa shape index (κ2) is 5.05. The van der Waals surface area contributed by atoms with E-state index in [-0.39, 0.29) is 0 Å². The molecule has 1 aliphatic heterocycles. The highest BCUT2D eigenvalue weighted by Crippen LogP contribution is 2.37. The third-order valence-electron chi connectivity index (χ3n) is 4.50. The molecule has 2 aliphatic rings. The summed E-state index contributed by atoms with van der Waals surface area (Å²) in [5.41, 5.74) is 0.530. The molecule has 0 radical (unpaired) electrons. The number of nitrogens with one attached hydrogen (secondary N) is 1. The Labute approximate surface area is 101 Å². The predicted octanol–water partition coefficient (Wildman–Crippen LogP) is 2.64. The van der Waals surface area contributed by atoms with E-state index in [0.29, 0.717) is 5.54 Å². The first-order chi connectivity index (χ1) is 7.66. The standard InChI is InChI=1S/C14H28N2/c1-4-16-10-13(9-12(2)3)15-11-14(16)7-5-6-8-14/h12-13,15H,4-11H2,1-3H3. The SMILES string of the molecule is CCN1CC(CC(C)C)NCC12CCCC2. The van der Waals surface area contributed by atoms with Gasteiger partial charge in [-0.25, -0.2) is 0 Å². The summed E-state index contributed by atoms with van der Waals surface area (Å²) in [4.78, 5) is 2.77. The number of hydrogen-bond acceptors (Lipinski definition) is 2. The maximum absolute atomic E-state index is 3.81. The maximum Gasteiger partial charge on any atom is 0.0334 e. The highest BCUT2D eigenvalue weighted by atomic mass is 15.3. The third-order valence-corrected chi connectivity index (χ3v) is 4.50. The van der Waals surface area contributed by atoms with E-state index in [4.69, 9.17) is 0 Å². The van der Waals surface area contributed by atoms with Crippen LogP contribution in [0.5, 0.6) is 0 Å².